The summed E-state index contributed by atoms with van der Waals surface area (Å²) in [5.74, 6) is -4.41. The number of ether oxygens (including phenoxy) is 2. The van der Waals surface area contributed by atoms with Crippen molar-refractivity contribution in [3.8, 4) is 0 Å². The molecule has 0 aliphatic rings. The zero-order valence-corrected chi connectivity index (χ0v) is 26.5. The van der Waals surface area contributed by atoms with Crippen LogP contribution >= 0.6 is 44.2 Å². The third-order valence-corrected chi connectivity index (χ3v) is 3.35. The van der Waals surface area contributed by atoms with Crippen molar-refractivity contribution in [3.05, 3.63) is 32.6 Å². The van der Waals surface area contributed by atoms with E-state index in [9.17, 15) is 40.8 Å². The van der Waals surface area contributed by atoms with Crippen molar-refractivity contribution < 1.29 is 70.4 Å². The van der Waals surface area contributed by atoms with Gasteiger partial charge >= 0.3 is 63.9 Å². The van der Waals surface area contributed by atoms with E-state index >= 15 is 0 Å². The molecular formula is C18H21Br3CuF6N4O8. The number of rotatable bonds is 5. The van der Waals surface area contributed by atoms with Gasteiger partial charge < -0.3 is 28.9 Å². The quantitative estimate of drug-likeness (QED) is 0.106. The minimum absolute atomic E-state index is 0.0472. The SMILES string of the molecule is CC(C)(C)ON=O.CCOC(=O)c1oc(Br)nc1C(F)(F)F.CCOC(=O)c1oc(N)nc1C(F)(F)F.[Br][Cu][Br]. The molecule has 0 aliphatic heterocycles. The van der Waals surface area contributed by atoms with Gasteiger partial charge in [0, 0.05) is 15.9 Å². The molecule has 0 spiro atoms. The summed E-state index contributed by atoms with van der Waals surface area (Å²) in [7, 11) is 0. The predicted molar refractivity (Wildman–Crippen MR) is 132 cm³/mol. The van der Waals surface area contributed by atoms with Crippen LogP contribution in [0.4, 0.5) is 32.4 Å². The van der Waals surface area contributed by atoms with E-state index in [0.717, 1.165) is 0 Å². The summed E-state index contributed by atoms with van der Waals surface area (Å²) in [5.41, 5.74) is 1.63. The van der Waals surface area contributed by atoms with Crippen molar-refractivity contribution in [2.75, 3.05) is 18.9 Å². The third kappa shape index (κ3) is 16.4. The van der Waals surface area contributed by atoms with Gasteiger partial charge in [-0.05, 0) is 34.6 Å². The number of anilines is 1. The van der Waals surface area contributed by atoms with Crippen LogP contribution in [0.1, 0.15) is 67.1 Å². The Hall–Kier alpha value is -1.90. The number of alkyl halides is 6. The van der Waals surface area contributed by atoms with E-state index in [-0.39, 0.29) is 13.2 Å². The molecular weight excluding hydrogens is 817 g/mol. The second-order valence-electron chi connectivity index (χ2n) is 7.13. The molecule has 0 saturated carbocycles. The first-order chi connectivity index (χ1) is 18.2. The van der Waals surface area contributed by atoms with E-state index in [4.69, 9.17) is 5.73 Å². The Labute approximate surface area is 251 Å². The van der Waals surface area contributed by atoms with E-state index in [0.29, 0.717) is 0 Å². The maximum atomic E-state index is 12.3. The van der Waals surface area contributed by atoms with E-state index in [1.54, 1.807) is 20.8 Å². The fraction of sp³-hybridized carbons (Fsp3) is 0.556. The summed E-state index contributed by atoms with van der Waals surface area (Å²) in [6.07, 6.45) is -9.55. The van der Waals surface area contributed by atoms with Gasteiger partial charge in [0.1, 0.15) is 5.60 Å². The Kier molecular flexibility index (Phi) is 18.6. The zero-order chi connectivity index (χ0) is 31.9. The first-order valence-corrected chi connectivity index (χ1v) is 15.4. The molecule has 235 valence electrons. The number of nitrogens with two attached hydrogens (primary N) is 1. The molecule has 0 fully saturated rings. The number of nitrogens with zero attached hydrogens (tertiary/aromatic N) is 3. The maximum absolute atomic E-state index is 12.3. The number of carbonyl (C=O) groups excluding carboxylic acids is 2. The monoisotopic (exact) mass is 835 g/mol. The Bertz CT molecular complexity index is 1010. The molecule has 0 unspecified atom stereocenters. The predicted octanol–water partition coefficient (Wildman–Crippen LogP) is 7.26. The third-order valence-electron chi connectivity index (χ3n) is 3.01. The molecule has 40 heavy (non-hydrogen) atoms. The average Bonchev–Trinajstić information content (AvgIpc) is 3.38. The molecule has 12 nitrogen and oxygen atoms in total. The summed E-state index contributed by atoms with van der Waals surface area (Å²) < 4.78 is 91.3. The van der Waals surface area contributed by atoms with Gasteiger partial charge in [0.15, 0.2) is 16.7 Å². The Balaban J connectivity index is 0. The van der Waals surface area contributed by atoms with Crippen LogP contribution < -0.4 is 5.73 Å². The van der Waals surface area contributed by atoms with Crippen molar-refractivity contribution in [1.82, 2.24) is 9.97 Å². The first kappa shape index (κ1) is 40.2. The number of carbonyl (C=O) groups is 2. The van der Waals surface area contributed by atoms with Crippen LogP contribution in [0, 0.1) is 4.91 Å². The van der Waals surface area contributed by atoms with E-state index in [1.165, 1.54) is 25.2 Å². The van der Waals surface area contributed by atoms with E-state index in [2.05, 4.69) is 82.6 Å². The van der Waals surface area contributed by atoms with Crippen molar-refractivity contribution in [2.45, 2.75) is 52.6 Å². The van der Waals surface area contributed by atoms with Crippen molar-refractivity contribution >= 4 is 62.1 Å². The first-order valence-electron chi connectivity index (χ1n) is 9.93. The molecule has 0 aromatic carbocycles. The Morgan fingerprint density at radius 1 is 0.900 bits per heavy atom. The van der Waals surface area contributed by atoms with Gasteiger partial charge in [0.05, 0.1) is 13.2 Å². The number of esters is 2. The van der Waals surface area contributed by atoms with Crippen LogP contribution in [0.15, 0.2) is 19.0 Å². The van der Waals surface area contributed by atoms with Crippen LogP contribution in [0.25, 0.3) is 0 Å². The summed E-state index contributed by atoms with van der Waals surface area (Å²) >= 11 is 9.98. The second kappa shape index (κ2) is 18.5. The minimum atomic E-state index is -4.80. The van der Waals surface area contributed by atoms with Gasteiger partial charge in [-0.1, -0.05) is 0 Å². The van der Waals surface area contributed by atoms with E-state index < -0.39 is 63.6 Å². The van der Waals surface area contributed by atoms with Gasteiger partial charge in [-0.3, -0.25) is 0 Å². The standard InChI is InChI=1S/C7H5BrF3NO3.C7H7F3N2O3.C4H9NO2.2BrH.Cu/c1-2-14-5(13)3-4(7(9,10)11)12-6(8)15-3;1-2-14-5(13)3-4(7(8,9)10)12-6(11)15-3;1-4(2,3)7-5-6;;;/h2H2,1H3;2H2,1H3,(H2,11,12);1-3H3;2*1H;/q;;;;;+2/p-2. The molecule has 2 aromatic heterocycles. The van der Waals surface area contributed by atoms with Gasteiger partial charge in [-0.25, -0.2) is 9.59 Å². The summed E-state index contributed by atoms with van der Waals surface area (Å²) in [6.45, 7) is 8.07. The van der Waals surface area contributed by atoms with Crippen LogP contribution in [0.5, 0.6) is 0 Å². The Morgan fingerprint density at radius 3 is 1.57 bits per heavy atom. The summed E-state index contributed by atoms with van der Waals surface area (Å²) in [5, 5.41) is 2.26. The van der Waals surface area contributed by atoms with Crippen LogP contribution in [0.2, 0.25) is 0 Å². The molecule has 0 saturated heterocycles. The molecule has 2 N–H and O–H groups in total. The zero-order valence-electron chi connectivity index (χ0n) is 20.8. The topological polar surface area (TPSA) is 169 Å². The van der Waals surface area contributed by atoms with Crippen molar-refractivity contribution in [2.24, 2.45) is 5.34 Å². The fourth-order valence-corrected chi connectivity index (χ4v) is 2.14. The second-order valence-corrected chi connectivity index (χ2v) is 12.6. The molecule has 0 bridgehead atoms. The van der Waals surface area contributed by atoms with Crippen molar-refractivity contribution in [3.63, 3.8) is 0 Å². The number of halogens is 9. The fourth-order valence-electron chi connectivity index (χ4n) is 1.80. The van der Waals surface area contributed by atoms with Crippen LogP contribution in [0.3, 0.4) is 0 Å². The molecule has 2 heterocycles. The molecule has 0 amide bonds. The van der Waals surface area contributed by atoms with Crippen LogP contribution in [-0.2, 0) is 38.0 Å². The normalized spacial score (nSPS) is 11.1. The number of aromatic nitrogens is 2. The van der Waals surface area contributed by atoms with Gasteiger partial charge in [0.25, 0.3) is 10.8 Å². The molecule has 2 rings (SSSR count). The van der Waals surface area contributed by atoms with Gasteiger partial charge in [-0.2, -0.15) is 36.3 Å². The number of hydrogen-bond donors (Lipinski definition) is 1. The average molecular weight is 839 g/mol. The van der Waals surface area contributed by atoms with E-state index in [1.807, 2.05) is 0 Å². The molecule has 22 heteroatoms. The summed E-state index contributed by atoms with van der Waals surface area (Å²) in [6, 6.07) is -0.731. The number of oxazole rings is 2. The number of hydrogen-bond acceptors (Lipinski definition) is 12. The molecule has 2 aromatic rings. The van der Waals surface area contributed by atoms with Gasteiger partial charge in [0.2, 0.25) is 11.5 Å². The van der Waals surface area contributed by atoms with Crippen LogP contribution in [-0.4, -0.2) is 40.7 Å². The molecule has 0 radical (unpaired) electrons. The molecule has 0 atom stereocenters. The van der Waals surface area contributed by atoms with Gasteiger partial charge in [-0.15, -0.1) is 4.91 Å². The number of nitrogen functional groups attached to an aromatic ring is 1. The Morgan fingerprint density at radius 2 is 1.27 bits per heavy atom. The molecule has 0 aliphatic carbocycles. The summed E-state index contributed by atoms with van der Waals surface area (Å²) in [4.78, 5) is 41.2. The van der Waals surface area contributed by atoms with Crippen molar-refractivity contribution in [1.29, 1.82) is 0 Å².